The maximum atomic E-state index is 13.6. The molecule has 0 saturated carbocycles. The molecule has 0 aliphatic carbocycles. The zero-order chi connectivity index (χ0) is 48.9. The molecule has 1 aromatic heterocycles. The van der Waals surface area contributed by atoms with E-state index in [4.69, 9.17) is 39.2 Å². The van der Waals surface area contributed by atoms with Crippen molar-refractivity contribution < 1.29 is 37.5 Å². The number of carbonyl (C=O) groups is 1. The molecule has 5 rings (SSSR count). The zero-order valence-electron chi connectivity index (χ0n) is 40.3. The average Bonchev–Trinajstić information content (AvgIpc) is 3.67. The second kappa shape index (κ2) is 27.6. The number of hydrogen-bond acceptors (Lipinski definition) is 12. The van der Waals surface area contributed by atoms with Crippen LogP contribution >= 0.6 is 8.53 Å². The highest BCUT2D eigenvalue weighted by Gasteiger charge is 2.52. The van der Waals surface area contributed by atoms with Gasteiger partial charge in [0.15, 0.2) is 6.23 Å². The van der Waals surface area contributed by atoms with Crippen molar-refractivity contribution in [2.45, 2.75) is 128 Å². The Morgan fingerprint density at radius 3 is 1.99 bits per heavy atom. The summed E-state index contributed by atoms with van der Waals surface area (Å²) in [6.45, 7) is 8.12. The third kappa shape index (κ3) is 14.6. The van der Waals surface area contributed by atoms with Crippen molar-refractivity contribution in [1.82, 2.24) is 19.5 Å². The van der Waals surface area contributed by atoms with E-state index in [0.29, 0.717) is 18.0 Å². The lowest BCUT2D eigenvalue weighted by atomic mass is 9.80. The van der Waals surface area contributed by atoms with Gasteiger partial charge in [0.1, 0.15) is 42.0 Å². The van der Waals surface area contributed by atoms with Crippen molar-refractivity contribution in [2.24, 2.45) is 0 Å². The van der Waals surface area contributed by atoms with Gasteiger partial charge in [-0.1, -0.05) is 86.7 Å². The molecule has 1 unspecified atom stereocenters. The lowest BCUT2D eigenvalue weighted by molar-refractivity contribution is -0.132. The summed E-state index contributed by atoms with van der Waals surface area (Å²) in [5.41, 5.74) is -0.258. The van der Waals surface area contributed by atoms with E-state index >= 15 is 0 Å². The third-order valence-corrected chi connectivity index (χ3v) is 13.8. The number of nitrogens with zero attached hydrogens (tertiary/aromatic N) is 3. The number of benzene rings is 3. The highest BCUT2D eigenvalue weighted by atomic mass is 31.2. The summed E-state index contributed by atoms with van der Waals surface area (Å²) in [5.74, 6) is 3.64. The first-order valence-corrected chi connectivity index (χ1v) is 24.6. The molecule has 2 N–H and O–H groups in total. The summed E-state index contributed by atoms with van der Waals surface area (Å²) >= 11 is 0. The van der Waals surface area contributed by atoms with Crippen LogP contribution in [0.4, 0.5) is 0 Å². The molecule has 15 nitrogen and oxygen atoms in total. The fourth-order valence-electron chi connectivity index (χ4n) is 8.37. The molecule has 0 bridgehead atoms. The van der Waals surface area contributed by atoms with E-state index in [1.54, 1.807) is 14.2 Å². The van der Waals surface area contributed by atoms with Crippen LogP contribution in [0.2, 0.25) is 0 Å². The number of carbonyl (C=O) groups excluding carboxylic acids is 1. The Balaban J connectivity index is 1.55. The van der Waals surface area contributed by atoms with Gasteiger partial charge in [0.25, 0.3) is 14.1 Å². The molecule has 1 aliphatic heterocycles. The van der Waals surface area contributed by atoms with Gasteiger partial charge in [0, 0.05) is 37.3 Å². The van der Waals surface area contributed by atoms with E-state index in [1.807, 2.05) is 107 Å². The van der Waals surface area contributed by atoms with Crippen LogP contribution in [0, 0.1) is 23.7 Å². The number of amides is 1. The molecule has 1 aliphatic rings. The summed E-state index contributed by atoms with van der Waals surface area (Å²) in [6, 6.07) is 28.3. The third-order valence-electron chi connectivity index (χ3n) is 11.6. The smallest absolute Gasteiger partial charge is 0.330 e. The molecule has 4 aromatic rings. The number of unbranched alkanes of at least 4 members (excludes halogenated alkanes) is 7. The van der Waals surface area contributed by atoms with Crippen LogP contribution in [0.3, 0.4) is 0 Å². The molecular formula is C52H68N5O10P. The molecule has 68 heavy (non-hydrogen) atoms. The van der Waals surface area contributed by atoms with E-state index in [-0.39, 0.29) is 44.2 Å². The quantitative estimate of drug-likeness (QED) is 0.0231. The van der Waals surface area contributed by atoms with Gasteiger partial charge in [-0.2, -0.15) is 5.26 Å². The molecule has 1 amide bonds. The number of H-pyrrole nitrogens is 1. The average molecular weight is 954 g/mol. The lowest BCUT2D eigenvalue weighted by Crippen LogP contribution is -2.44. The Morgan fingerprint density at radius 2 is 1.43 bits per heavy atom. The summed E-state index contributed by atoms with van der Waals surface area (Å²) in [6.07, 6.45) is 10.5. The molecule has 1 saturated heterocycles. The Labute approximate surface area is 402 Å². The Hall–Kier alpha value is -5.35. The first-order valence-electron chi connectivity index (χ1n) is 23.5. The number of terminal acetylenes is 1. The molecule has 366 valence electrons. The predicted molar refractivity (Wildman–Crippen MR) is 262 cm³/mol. The summed E-state index contributed by atoms with van der Waals surface area (Å²) in [5, 5.41) is 12.5. The number of methoxy groups -OCH3 is 2. The van der Waals surface area contributed by atoms with Gasteiger partial charge in [-0.25, -0.2) is 9.46 Å². The largest absolute Gasteiger partial charge is 0.497 e. The lowest BCUT2D eigenvalue weighted by Gasteiger charge is -2.39. The van der Waals surface area contributed by atoms with Gasteiger partial charge >= 0.3 is 5.69 Å². The number of ether oxygens (including phenoxy) is 5. The molecule has 5 atom stereocenters. The molecule has 0 radical (unpaired) electrons. The highest BCUT2D eigenvalue weighted by molar-refractivity contribution is 7.44. The minimum atomic E-state index is -1.92. The number of aromatic amines is 1. The summed E-state index contributed by atoms with van der Waals surface area (Å²) < 4.78 is 48.7. The Bertz CT molecular complexity index is 2270. The predicted octanol–water partition coefficient (Wildman–Crippen LogP) is 8.38. The fourth-order valence-corrected chi connectivity index (χ4v) is 10.1. The number of nitrogens with one attached hydrogen (secondary N) is 2. The monoisotopic (exact) mass is 953 g/mol. The first kappa shape index (κ1) is 53.6. The van der Waals surface area contributed by atoms with Gasteiger partial charge in [-0.3, -0.25) is 19.1 Å². The van der Waals surface area contributed by atoms with Crippen molar-refractivity contribution in [2.75, 3.05) is 40.6 Å². The van der Waals surface area contributed by atoms with E-state index in [0.717, 1.165) is 68.1 Å². The summed E-state index contributed by atoms with van der Waals surface area (Å²) in [4.78, 5) is 41.9. The van der Waals surface area contributed by atoms with Crippen LogP contribution in [0.5, 0.6) is 11.5 Å². The van der Waals surface area contributed by atoms with Crippen LogP contribution in [-0.4, -0.2) is 91.1 Å². The van der Waals surface area contributed by atoms with E-state index < -0.39 is 49.9 Å². The topological polar surface area (TPSA) is 176 Å². The van der Waals surface area contributed by atoms with Gasteiger partial charge in [-0.15, -0.1) is 12.3 Å². The Morgan fingerprint density at radius 1 is 0.838 bits per heavy atom. The highest BCUT2D eigenvalue weighted by Crippen LogP contribution is 2.51. The molecular weight excluding hydrogens is 886 g/mol. The number of hydrogen-bond donors (Lipinski definition) is 2. The van der Waals surface area contributed by atoms with Crippen molar-refractivity contribution in [3.8, 4) is 29.9 Å². The number of aromatic nitrogens is 2. The number of nitriles is 1. The number of rotatable bonds is 29. The van der Waals surface area contributed by atoms with Gasteiger partial charge in [-0.05, 0) is 81.5 Å². The molecule has 16 heteroatoms. The second-order valence-corrected chi connectivity index (χ2v) is 18.5. The normalized spacial score (nSPS) is 17.5. The van der Waals surface area contributed by atoms with E-state index in [2.05, 4.69) is 27.0 Å². The van der Waals surface area contributed by atoms with Crippen LogP contribution < -0.4 is 26.0 Å². The van der Waals surface area contributed by atoms with Crippen molar-refractivity contribution in [3.63, 3.8) is 0 Å². The maximum Gasteiger partial charge on any atom is 0.330 e. The Kier molecular flexibility index (Phi) is 21.8. The zero-order valence-corrected chi connectivity index (χ0v) is 41.2. The SMILES string of the molecule is C#CCCCCCCCCCNC(=O)CO[C@@H]1[C@H](OP(OCCC#N)N(C(C)C)C(C)C)[C@@H](COC(c2ccccc2)(c2ccc(OC)cc2)c2ccc(OC)cc2)O[C@H]1n1ccc(=O)[nH]c1=O. The maximum absolute atomic E-state index is 13.6. The van der Waals surface area contributed by atoms with Crippen molar-refractivity contribution >= 4 is 14.4 Å². The van der Waals surface area contributed by atoms with Crippen LogP contribution in [-0.2, 0) is 33.7 Å². The van der Waals surface area contributed by atoms with Gasteiger partial charge in [0.2, 0.25) is 5.91 Å². The molecule has 0 spiro atoms. The van der Waals surface area contributed by atoms with Gasteiger partial charge < -0.3 is 38.0 Å². The second-order valence-electron chi connectivity index (χ2n) is 17.1. The van der Waals surface area contributed by atoms with Crippen molar-refractivity contribution in [3.05, 3.63) is 129 Å². The van der Waals surface area contributed by atoms with Crippen molar-refractivity contribution in [1.29, 1.82) is 5.26 Å². The summed E-state index contributed by atoms with van der Waals surface area (Å²) in [7, 11) is 1.29. The molecule has 2 heterocycles. The van der Waals surface area contributed by atoms with E-state index in [9.17, 15) is 19.6 Å². The van der Waals surface area contributed by atoms with Crippen LogP contribution in [0.15, 0.2) is 101 Å². The van der Waals surface area contributed by atoms with Gasteiger partial charge in [0.05, 0.1) is 39.9 Å². The molecule has 1 fully saturated rings. The first-order chi connectivity index (χ1) is 33.0. The molecule has 3 aromatic carbocycles. The van der Waals surface area contributed by atoms with Crippen LogP contribution in [0.1, 0.15) is 108 Å². The van der Waals surface area contributed by atoms with E-state index in [1.165, 1.54) is 16.8 Å². The standard InChI is InChI=1S/C52H68N5O10P/c1-8-9-10-11-12-13-14-15-19-33-54-47(59)37-63-49-48(67-68(65-35-20-32-53)57(38(2)3)39(4)5)45(66-50(49)56-34-31-46(58)55-51(56)60)36-64-52(40-21-17-16-18-22-40,41-23-27-43(61-6)28-24-41)42-25-29-44(62-7)30-26-42/h1,16-18,21-31,34,38-39,45,48-50H,9-15,19-20,33,35-37H2,2-7H3,(H,54,59)(H,55,58,60)/t45-,48-,49-,50-,68?/m1/s1. The fraction of sp³-hybridized carbons (Fsp3) is 0.500. The minimum Gasteiger partial charge on any atom is -0.497 e. The minimum absolute atomic E-state index is 0.0627. The van der Waals surface area contributed by atoms with Crippen LogP contribution in [0.25, 0.3) is 0 Å².